The van der Waals surface area contributed by atoms with Crippen molar-refractivity contribution in [1.29, 1.82) is 0 Å². The normalized spacial score (nSPS) is 6.78. The summed E-state index contributed by atoms with van der Waals surface area (Å²) in [5.41, 5.74) is 0. The van der Waals surface area contributed by atoms with Crippen LogP contribution >= 0.6 is 0 Å². The van der Waals surface area contributed by atoms with Gasteiger partial charge in [-0.05, 0) is 6.92 Å². The van der Waals surface area contributed by atoms with Crippen LogP contribution in [0.2, 0.25) is 0 Å². The third kappa shape index (κ3) is 817. The molecule has 0 spiro atoms. The molecule has 0 aromatic rings. The second-order valence-electron chi connectivity index (χ2n) is 1.54. The molecule has 0 aromatic carbocycles. The second kappa shape index (κ2) is 11.5. The van der Waals surface area contributed by atoms with Crippen molar-refractivity contribution in [2.75, 3.05) is 0 Å². The largest absolute Gasteiger partial charge is 2.00 e. The Morgan fingerprint density at radius 1 is 1.44 bits per heavy atom. The second-order valence-corrected chi connectivity index (χ2v) is 1.54. The minimum absolute atomic E-state index is 0. The van der Waals surface area contributed by atoms with Crippen molar-refractivity contribution in [3.63, 3.8) is 0 Å². The zero-order valence-electron chi connectivity index (χ0n) is 6.01. The van der Waals surface area contributed by atoms with Crippen molar-refractivity contribution in [2.24, 2.45) is 0 Å². The minimum Gasteiger partial charge on any atom is -0.852 e. The number of hydrogen-bond acceptors (Lipinski definition) is 3. The van der Waals surface area contributed by atoms with Gasteiger partial charge in [0.15, 0.2) is 0 Å². The van der Waals surface area contributed by atoms with Gasteiger partial charge in [-0.2, -0.15) is 0 Å². The van der Waals surface area contributed by atoms with Crippen LogP contribution in [0.15, 0.2) is 0 Å². The van der Waals surface area contributed by atoms with E-state index >= 15 is 0 Å². The molecule has 0 fully saturated rings. The molecule has 0 radical (unpaired) electrons. The fourth-order valence-corrected chi connectivity index (χ4v) is 0. The molecule has 0 aromatic heterocycles. The Balaban J connectivity index is -0.0000000720. The van der Waals surface area contributed by atoms with Crippen LogP contribution in [0.25, 0.3) is 0 Å². The Morgan fingerprint density at radius 2 is 1.44 bits per heavy atom. The Kier molecular flexibility index (Phi) is 20.9. The standard InChI is InChI=1S/C3H7O.C2H4O2.Ca/c1-3(2)4;1-2(3)4;/h3H,1-2H3;1H3,(H,3,4);/q-1;;+2/p-1. The summed E-state index contributed by atoms with van der Waals surface area (Å²) < 4.78 is 0. The summed E-state index contributed by atoms with van der Waals surface area (Å²) in [5.74, 6) is -1.08. The predicted octanol–water partition coefficient (Wildman–Crippen LogP) is -1.87. The van der Waals surface area contributed by atoms with E-state index in [4.69, 9.17) is 9.90 Å². The third-order valence-corrected chi connectivity index (χ3v) is 0. The molecule has 9 heavy (non-hydrogen) atoms. The molecular formula is C5H10CaO3. The van der Waals surface area contributed by atoms with E-state index in [0.29, 0.717) is 0 Å². The van der Waals surface area contributed by atoms with E-state index in [0.717, 1.165) is 6.92 Å². The Hall–Kier alpha value is 0.690. The molecule has 0 saturated heterocycles. The van der Waals surface area contributed by atoms with E-state index < -0.39 is 12.1 Å². The summed E-state index contributed by atoms with van der Waals surface area (Å²) >= 11 is 0. The number of carboxylic acids is 1. The number of rotatable bonds is 0. The monoisotopic (exact) mass is 158 g/mol. The van der Waals surface area contributed by atoms with Crippen LogP contribution in [-0.2, 0) is 4.79 Å². The molecule has 0 heterocycles. The number of carboxylic acid groups (broad SMARTS) is 1. The molecule has 3 nitrogen and oxygen atoms in total. The minimum atomic E-state index is -1.08. The Bertz CT molecular complexity index is 56.5. The van der Waals surface area contributed by atoms with E-state index in [1.54, 1.807) is 13.8 Å². The van der Waals surface area contributed by atoms with Crippen LogP contribution in [-0.4, -0.2) is 49.8 Å². The number of carbonyl (C=O) groups excluding carboxylic acids is 1. The molecule has 0 unspecified atom stereocenters. The van der Waals surface area contributed by atoms with Gasteiger partial charge in [0.25, 0.3) is 0 Å². The molecule has 0 aliphatic rings. The number of carbonyl (C=O) groups is 1. The van der Waals surface area contributed by atoms with Gasteiger partial charge >= 0.3 is 37.7 Å². The van der Waals surface area contributed by atoms with Crippen LogP contribution < -0.4 is 10.2 Å². The summed E-state index contributed by atoms with van der Waals surface area (Å²) in [5, 5.41) is 18.4. The van der Waals surface area contributed by atoms with Crippen molar-refractivity contribution in [2.45, 2.75) is 26.9 Å². The van der Waals surface area contributed by atoms with Gasteiger partial charge in [-0.15, -0.1) is 6.10 Å². The number of aliphatic carboxylic acids is 1. The fourth-order valence-electron chi connectivity index (χ4n) is 0. The van der Waals surface area contributed by atoms with Crippen molar-refractivity contribution < 1.29 is 15.0 Å². The van der Waals surface area contributed by atoms with E-state index in [1.165, 1.54) is 0 Å². The van der Waals surface area contributed by atoms with Gasteiger partial charge in [-0.25, -0.2) is 0 Å². The van der Waals surface area contributed by atoms with Gasteiger partial charge < -0.3 is 15.0 Å². The predicted molar refractivity (Wildman–Crippen MR) is 31.6 cm³/mol. The van der Waals surface area contributed by atoms with Gasteiger partial charge in [0.2, 0.25) is 0 Å². The molecule has 0 rings (SSSR count). The first-order chi connectivity index (χ1) is 3.46. The van der Waals surface area contributed by atoms with E-state index in [-0.39, 0.29) is 37.7 Å². The van der Waals surface area contributed by atoms with Gasteiger partial charge in [-0.3, -0.25) is 0 Å². The van der Waals surface area contributed by atoms with Gasteiger partial charge in [0, 0.05) is 5.97 Å². The maximum absolute atomic E-state index is 9.53. The van der Waals surface area contributed by atoms with Crippen LogP contribution in [0.3, 0.4) is 0 Å². The molecular weight excluding hydrogens is 148 g/mol. The van der Waals surface area contributed by atoms with Crippen molar-refractivity contribution in [3.05, 3.63) is 0 Å². The molecule has 50 valence electrons. The molecule has 0 saturated carbocycles. The summed E-state index contributed by atoms with van der Waals surface area (Å²) in [6.07, 6.45) is -0.417. The Labute approximate surface area is 85.1 Å². The average molecular weight is 158 g/mol. The zero-order chi connectivity index (χ0) is 7.15. The molecule has 4 heteroatoms. The summed E-state index contributed by atoms with van der Waals surface area (Å²) in [4.78, 5) is 8.89. The molecule has 0 atom stereocenters. The van der Waals surface area contributed by atoms with Crippen molar-refractivity contribution in [3.8, 4) is 0 Å². The van der Waals surface area contributed by atoms with Crippen molar-refractivity contribution >= 4 is 43.7 Å². The molecule has 0 amide bonds. The summed E-state index contributed by atoms with van der Waals surface area (Å²) in [6, 6.07) is 0. The van der Waals surface area contributed by atoms with Crippen LogP contribution in [0.4, 0.5) is 0 Å². The topological polar surface area (TPSA) is 63.2 Å². The maximum atomic E-state index is 9.53. The number of hydrogen-bond donors (Lipinski definition) is 0. The maximum Gasteiger partial charge on any atom is 2.00 e. The first-order valence-electron chi connectivity index (χ1n) is 2.30. The first-order valence-corrected chi connectivity index (χ1v) is 2.30. The van der Waals surface area contributed by atoms with Gasteiger partial charge in [0.05, 0.1) is 0 Å². The zero-order valence-corrected chi connectivity index (χ0v) is 8.22. The summed E-state index contributed by atoms with van der Waals surface area (Å²) in [7, 11) is 0. The van der Waals surface area contributed by atoms with Crippen molar-refractivity contribution in [1.82, 2.24) is 0 Å². The SMILES string of the molecule is CC(=O)[O-].CC(C)[O-].[Ca+2]. The van der Waals surface area contributed by atoms with E-state index in [9.17, 15) is 5.11 Å². The van der Waals surface area contributed by atoms with Gasteiger partial charge in [0.1, 0.15) is 0 Å². The summed E-state index contributed by atoms with van der Waals surface area (Å²) in [6.45, 7) is 4.19. The van der Waals surface area contributed by atoms with Crippen LogP contribution in [0.1, 0.15) is 20.8 Å². The molecule has 0 aliphatic carbocycles. The fraction of sp³-hybridized carbons (Fsp3) is 0.800. The van der Waals surface area contributed by atoms with E-state index in [2.05, 4.69) is 0 Å². The molecule has 0 aliphatic heterocycles. The third-order valence-electron chi connectivity index (χ3n) is 0. The van der Waals surface area contributed by atoms with Crippen LogP contribution in [0, 0.1) is 0 Å². The quantitative estimate of drug-likeness (QED) is 0.388. The average Bonchev–Trinajstić information content (AvgIpc) is 1.25. The Morgan fingerprint density at radius 3 is 1.44 bits per heavy atom. The first kappa shape index (κ1) is 16.3. The molecule has 0 N–H and O–H groups in total. The van der Waals surface area contributed by atoms with Gasteiger partial charge in [-0.1, -0.05) is 13.8 Å². The van der Waals surface area contributed by atoms with E-state index in [1.807, 2.05) is 0 Å². The smallest absolute Gasteiger partial charge is 0.852 e. The van der Waals surface area contributed by atoms with Crippen LogP contribution in [0.5, 0.6) is 0 Å². The molecule has 0 bridgehead atoms.